The summed E-state index contributed by atoms with van der Waals surface area (Å²) in [5.74, 6) is -0.989. The number of nitrogens with one attached hydrogen (secondary N) is 1. The summed E-state index contributed by atoms with van der Waals surface area (Å²) in [5, 5.41) is 9.80. The van der Waals surface area contributed by atoms with Gasteiger partial charge in [0.25, 0.3) is 0 Å². The van der Waals surface area contributed by atoms with E-state index in [4.69, 9.17) is 10.8 Å². The molecule has 0 saturated carbocycles. The molecule has 0 spiro atoms. The van der Waals surface area contributed by atoms with Crippen molar-refractivity contribution >= 4 is 32.8 Å². The van der Waals surface area contributed by atoms with Gasteiger partial charge < -0.3 is 15.8 Å². The topological polar surface area (TPSA) is 79.1 Å². The van der Waals surface area contributed by atoms with Crippen molar-refractivity contribution in [3.63, 3.8) is 0 Å². The van der Waals surface area contributed by atoms with Crippen LogP contribution in [0.15, 0.2) is 28.9 Å². The number of fused-ring (bicyclic) bond motifs is 1. The number of hydrogen-bond acceptors (Lipinski definition) is 2. The van der Waals surface area contributed by atoms with Crippen LogP contribution in [0, 0.1) is 0 Å². The maximum atomic E-state index is 10.7. The van der Waals surface area contributed by atoms with Crippen molar-refractivity contribution in [1.82, 2.24) is 4.98 Å². The lowest BCUT2D eigenvalue weighted by molar-refractivity contribution is -0.138. The number of nitrogens with two attached hydrogens (primary N) is 1. The number of carbonyl (C=O) groups is 1. The number of hydrogen-bond donors (Lipinski definition) is 3. The molecule has 1 unspecified atom stereocenters. The third-order valence-corrected chi connectivity index (χ3v) is 3.18. The highest BCUT2D eigenvalue weighted by atomic mass is 79.9. The lowest BCUT2D eigenvalue weighted by atomic mass is 10.1. The zero-order chi connectivity index (χ0) is 11.7. The molecule has 4 nitrogen and oxygen atoms in total. The zero-order valence-corrected chi connectivity index (χ0v) is 9.99. The highest BCUT2D eigenvalue weighted by molar-refractivity contribution is 9.10. The van der Waals surface area contributed by atoms with Crippen LogP contribution in [0.1, 0.15) is 5.56 Å². The number of aromatic amines is 1. The van der Waals surface area contributed by atoms with Crippen molar-refractivity contribution in [2.45, 2.75) is 12.5 Å². The molecule has 0 bridgehead atoms. The van der Waals surface area contributed by atoms with Crippen molar-refractivity contribution in [3.05, 3.63) is 34.4 Å². The van der Waals surface area contributed by atoms with E-state index >= 15 is 0 Å². The van der Waals surface area contributed by atoms with E-state index in [0.29, 0.717) is 6.42 Å². The number of para-hydroxylation sites is 1. The quantitative estimate of drug-likeness (QED) is 0.804. The Morgan fingerprint density at radius 3 is 2.88 bits per heavy atom. The molecule has 0 radical (unpaired) electrons. The Balaban J connectivity index is 2.43. The first kappa shape index (κ1) is 11.2. The van der Waals surface area contributed by atoms with Gasteiger partial charge in [-0.25, -0.2) is 0 Å². The monoisotopic (exact) mass is 282 g/mol. The minimum absolute atomic E-state index is 0.305. The van der Waals surface area contributed by atoms with Gasteiger partial charge in [0.1, 0.15) is 6.04 Å². The zero-order valence-electron chi connectivity index (χ0n) is 8.40. The predicted octanol–water partition coefficient (Wildman–Crippen LogP) is 1.88. The fraction of sp³-hybridized carbons (Fsp3) is 0.182. The Morgan fingerprint density at radius 2 is 2.19 bits per heavy atom. The van der Waals surface area contributed by atoms with Crippen LogP contribution in [0.25, 0.3) is 10.9 Å². The summed E-state index contributed by atoms with van der Waals surface area (Å²) in [6.45, 7) is 0. The third kappa shape index (κ3) is 1.96. The molecule has 16 heavy (non-hydrogen) atoms. The Morgan fingerprint density at radius 1 is 1.50 bits per heavy atom. The van der Waals surface area contributed by atoms with Crippen LogP contribution in [-0.4, -0.2) is 22.1 Å². The van der Waals surface area contributed by atoms with Crippen molar-refractivity contribution in [2.75, 3.05) is 0 Å². The number of carboxylic acid groups (broad SMARTS) is 1. The van der Waals surface area contributed by atoms with Gasteiger partial charge in [-0.15, -0.1) is 0 Å². The molecule has 84 valence electrons. The van der Waals surface area contributed by atoms with E-state index in [1.807, 2.05) is 24.3 Å². The lowest BCUT2D eigenvalue weighted by Crippen LogP contribution is -2.32. The molecule has 0 aliphatic rings. The van der Waals surface area contributed by atoms with E-state index in [2.05, 4.69) is 20.9 Å². The van der Waals surface area contributed by atoms with Gasteiger partial charge in [0.05, 0.1) is 4.60 Å². The number of halogens is 1. The predicted molar refractivity (Wildman–Crippen MR) is 65.3 cm³/mol. The Labute approximate surface area is 101 Å². The molecule has 1 atom stereocenters. The summed E-state index contributed by atoms with van der Waals surface area (Å²) in [5.41, 5.74) is 7.42. The van der Waals surface area contributed by atoms with Gasteiger partial charge in [0, 0.05) is 17.3 Å². The van der Waals surface area contributed by atoms with Gasteiger partial charge >= 0.3 is 5.97 Å². The first-order valence-electron chi connectivity index (χ1n) is 4.83. The van der Waals surface area contributed by atoms with E-state index in [0.717, 1.165) is 21.1 Å². The lowest BCUT2D eigenvalue weighted by Gasteiger charge is -2.05. The molecular weight excluding hydrogens is 272 g/mol. The summed E-state index contributed by atoms with van der Waals surface area (Å²) in [6, 6.07) is 6.84. The molecule has 5 heteroatoms. The SMILES string of the molecule is NC(Cc1c(Br)[nH]c2ccccc12)C(=O)O. The Bertz CT molecular complexity index is 536. The number of aromatic nitrogens is 1. The normalized spacial score (nSPS) is 12.9. The number of rotatable bonds is 3. The minimum Gasteiger partial charge on any atom is -0.480 e. The van der Waals surface area contributed by atoms with Crippen molar-refractivity contribution in [3.8, 4) is 0 Å². The van der Waals surface area contributed by atoms with Crippen molar-refractivity contribution < 1.29 is 9.90 Å². The summed E-state index contributed by atoms with van der Waals surface area (Å²) in [4.78, 5) is 13.9. The fourth-order valence-electron chi connectivity index (χ4n) is 1.67. The highest BCUT2D eigenvalue weighted by Crippen LogP contribution is 2.27. The molecule has 1 heterocycles. The number of benzene rings is 1. The second-order valence-corrected chi connectivity index (χ2v) is 4.40. The first-order chi connectivity index (χ1) is 7.59. The van der Waals surface area contributed by atoms with Gasteiger partial charge in [-0.3, -0.25) is 4.79 Å². The molecule has 0 amide bonds. The van der Waals surface area contributed by atoms with Crippen LogP contribution in [0.3, 0.4) is 0 Å². The molecule has 0 fully saturated rings. The minimum atomic E-state index is -0.989. The molecule has 2 aromatic rings. The number of carboxylic acids is 1. The van der Waals surface area contributed by atoms with Crippen LogP contribution in [-0.2, 0) is 11.2 Å². The van der Waals surface area contributed by atoms with Crippen molar-refractivity contribution in [2.24, 2.45) is 5.73 Å². The number of aliphatic carboxylic acids is 1. The summed E-state index contributed by atoms with van der Waals surface area (Å²) in [7, 11) is 0. The standard InChI is InChI=1S/C11H11BrN2O2/c12-10-7(5-8(13)11(15)16)6-3-1-2-4-9(6)14-10/h1-4,8,14H,5,13H2,(H,15,16). The second kappa shape index (κ2) is 4.27. The van der Waals surface area contributed by atoms with E-state index in [1.165, 1.54) is 0 Å². The van der Waals surface area contributed by atoms with E-state index in [1.54, 1.807) is 0 Å². The molecule has 0 aliphatic heterocycles. The smallest absolute Gasteiger partial charge is 0.320 e. The Kier molecular flexibility index (Phi) is 2.98. The first-order valence-corrected chi connectivity index (χ1v) is 5.62. The third-order valence-electron chi connectivity index (χ3n) is 2.50. The summed E-state index contributed by atoms with van der Waals surface area (Å²) in [6.07, 6.45) is 0.305. The number of H-pyrrole nitrogens is 1. The van der Waals surface area contributed by atoms with E-state index in [-0.39, 0.29) is 0 Å². The van der Waals surface area contributed by atoms with Gasteiger partial charge in [0.15, 0.2) is 0 Å². The van der Waals surface area contributed by atoms with E-state index in [9.17, 15) is 4.79 Å². The van der Waals surface area contributed by atoms with Gasteiger partial charge in [-0.05, 0) is 27.6 Å². The molecule has 4 N–H and O–H groups in total. The average molecular weight is 283 g/mol. The largest absolute Gasteiger partial charge is 0.480 e. The van der Waals surface area contributed by atoms with Crippen LogP contribution >= 0.6 is 15.9 Å². The second-order valence-electron chi connectivity index (χ2n) is 3.61. The summed E-state index contributed by atoms with van der Waals surface area (Å²) >= 11 is 3.38. The fourth-order valence-corrected chi connectivity index (χ4v) is 2.26. The average Bonchev–Trinajstić information content (AvgIpc) is 2.55. The maximum Gasteiger partial charge on any atom is 0.320 e. The molecule has 2 rings (SSSR count). The van der Waals surface area contributed by atoms with Gasteiger partial charge in [0.2, 0.25) is 0 Å². The van der Waals surface area contributed by atoms with Crippen LogP contribution in [0.5, 0.6) is 0 Å². The molecular formula is C11H11BrN2O2. The molecule has 1 aromatic heterocycles. The molecule has 0 saturated heterocycles. The maximum absolute atomic E-state index is 10.7. The van der Waals surface area contributed by atoms with Crippen LogP contribution < -0.4 is 5.73 Å². The van der Waals surface area contributed by atoms with Crippen LogP contribution in [0.2, 0.25) is 0 Å². The van der Waals surface area contributed by atoms with Crippen molar-refractivity contribution in [1.29, 1.82) is 0 Å². The Hall–Kier alpha value is -1.33. The molecule has 0 aliphatic carbocycles. The molecule has 1 aromatic carbocycles. The summed E-state index contributed by atoms with van der Waals surface area (Å²) < 4.78 is 0.797. The highest BCUT2D eigenvalue weighted by Gasteiger charge is 2.17. The van der Waals surface area contributed by atoms with E-state index < -0.39 is 12.0 Å². The van der Waals surface area contributed by atoms with Gasteiger partial charge in [-0.2, -0.15) is 0 Å². The van der Waals surface area contributed by atoms with Gasteiger partial charge in [-0.1, -0.05) is 18.2 Å². The van der Waals surface area contributed by atoms with Crippen LogP contribution in [0.4, 0.5) is 0 Å².